The third-order valence-electron chi connectivity index (χ3n) is 2.40. The molecule has 0 bridgehead atoms. The molecule has 86 valence electrons. The van der Waals surface area contributed by atoms with Gasteiger partial charge in [0.25, 0.3) is 0 Å². The van der Waals surface area contributed by atoms with Crippen molar-refractivity contribution in [3.8, 4) is 0 Å². The van der Waals surface area contributed by atoms with E-state index in [1.807, 2.05) is 0 Å². The minimum atomic E-state index is -0.552. The monoisotopic (exact) mass is 233 g/mol. The fraction of sp³-hybridized carbons (Fsp3) is 0.800. The second-order valence-electron chi connectivity index (χ2n) is 4.21. The van der Waals surface area contributed by atoms with Crippen molar-refractivity contribution in [2.75, 3.05) is 25.6 Å². The van der Waals surface area contributed by atoms with Gasteiger partial charge in [0.1, 0.15) is 0 Å². The minimum absolute atomic E-state index is 0.109. The van der Waals surface area contributed by atoms with E-state index in [4.69, 9.17) is 16.3 Å². The summed E-state index contributed by atoms with van der Waals surface area (Å²) >= 11 is 5.43. The van der Waals surface area contributed by atoms with Gasteiger partial charge in [-0.05, 0) is 0 Å². The number of imide groups is 1. The first-order chi connectivity index (χ1) is 6.99. The molecule has 0 saturated carbocycles. The van der Waals surface area contributed by atoms with Crippen molar-refractivity contribution in [3.63, 3.8) is 0 Å². The van der Waals surface area contributed by atoms with Crippen LogP contribution in [0.3, 0.4) is 0 Å². The molecule has 0 atom stereocenters. The highest BCUT2D eigenvalue weighted by Crippen LogP contribution is 2.31. The van der Waals surface area contributed by atoms with Crippen molar-refractivity contribution < 1.29 is 14.3 Å². The zero-order valence-electron chi connectivity index (χ0n) is 9.09. The molecular formula is C10H16ClNO3. The lowest BCUT2D eigenvalue weighted by Crippen LogP contribution is -2.35. The van der Waals surface area contributed by atoms with Crippen molar-refractivity contribution in [1.82, 2.24) is 4.90 Å². The van der Waals surface area contributed by atoms with E-state index in [0.29, 0.717) is 32.1 Å². The van der Waals surface area contributed by atoms with E-state index >= 15 is 0 Å². The van der Waals surface area contributed by atoms with Crippen LogP contribution in [0.15, 0.2) is 0 Å². The van der Waals surface area contributed by atoms with Crippen LogP contribution in [0.25, 0.3) is 0 Å². The Morgan fingerprint density at radius 2 is 2.07 bits per heavy atom. The third kappa shape index (κ3) is 2.92. The van der Waals surface area contributed by atoms with Gasteiger partial charge in [-0.3, -0.25) is 14.5 Å². The quantitative estimate of drug-likeness (QED) is 0.405. The maximum atomic E-state index is 11.7. The molecule has 0 N–H and O–H groups in total. The maximum absolute atomic E-state index is 11.7. The normalized spacial score (nSPS) is 20.1. The molecule has 0 aliphatic carbocycles. The summed E-state index contributed by atoms with van der Waals surface area (Å²) in [6.45, 7) is 4.71. The number of amides is 2. The van der Waals surface area contributed by atoms with Gasteiger partial charge >= 0.3 is 0 Å². The molecule has 0 aromatic heterocycles. The van der Waals surface area contributed by atoms with Crippen LogP contribution in [-0.4, -0.2) is 42.4 Å². The van der Waals surface area contributed by atoms with Crippen LogP contribution in [-0.2, 0) is 14.3 Å². The van der Waals surface area contributed by atoms with Crippen LogP contribution < -0.4 is 0 Å². The van der Waals surface area contributed by atoms with Crippen LogP contribution in [0.5, 0.6) is 0 Å². The van der Waals surface area contributed by atoms with E-state index in [-0.39, 0.29) is 11.8 Å². The molecule has 1 rings (SSSR count). The molecule has 0 unspecified atom stereocenters. The van der Waals surface area contributed by atoms with Gasteiger partial charge in [-0.15, -0.1) is 11.6 Å². The van der Waals surface area contributed by atoms with Crippen molar-refractivity contribution in [1.29, 1.82) is 0 Å². The van der Waals surface area contributed by atoms with Crippen LogP contribution in [0, 0.1) is 5.41 Å². The number of hydrogen-bond donors (Lipinski definition) is 0. The summed E-state index contributed by atoms with van der Waals surface area (Å²) in [7, 11) is 0. The molecule has 5 heteroatoms. The molecule has 1 aliphatic heterocycles. The Hall–Kier alpha value is -0.610. The van der Waals surface area contributed by atoms with Gasteiger partial charge < -0.3 is 4.74 Å². The maximum Gasteiger partial charge on any atom is 0.235 e. The molecular weight excluding hydrogens is 218 g/mol. The Morgan fingerprint density at radius 1 is 1.40 bits per heavy atom. The first kappa shape index (κ1) is 12.5. The molecule has 1 fully saturated rings. The molecule has 1 heterocycles. The topological polar surface area (TPSA) is 46.6 Å². The molecule has 0 spiro atoms. The highest BCUT2D eigenvalue weighted by Gasteiger charge is 2.44. The summed E-state index contributed by atoms with van der Waals surface area (Å²) in [6, 6.07) is 0. The smallest absolute Gasteiger partial charge is 0.235 e. The first-order valence-electron chi connectivity index (χ1n) is 4.97. The van der Waals surface area contributed by atoms with Crippen molar-refractivity contribution in [3.05, 3.63) is 0 Å². The Bertz CT molecular complexity index is 265. The second kappa shape index (κ2) is 4.94. The SMILES string of the molecule is CC1(C)CC(=O)N(CCOCCCl)C1=O. The Labute approximate surface area is 94.5 Å². The molecule has 15 heavy (non-hydrogen) atoms. The standard InChI is InChI=1S/C10H16ClNO3/c1-10(2)7-8(13)12(9(10)14)4-6-15-5-3-11/h3-7H2,1-2H3. The lowest BCUT2D eigenvalue weighted by atomic mass is 9.92. The van der Waals surface area contributed by atoms with Crippen molar-refractivity contribution in [2.45, 2.75) is 20.3 Å². The Balaban J connectivity index is 2.42. The average Bonchev–Trinajstić information content (AvgIpc) is 2.33. The number of nitrogens with zero attached hydrogens (tertiary/aromatic N) is 1. The highest BCUT2D eigenvalue weighted by molar-refractivity contribution is 6.17. The molecule has 0 radical (unpaired) electrons. The lowest BCUT2D eigenvalue weighted by Gasteiger charge is -2.17. The van der Waals surface area contributed by atoms with Crippen LogP contribution in [0.2, 0.25) is 0 Å². The first-order valence-corrected chi connectivity index (χ1v) is 5.51. The van der Waals surface area contributed by atoms with Gasteiger partial charge in [-0.2, -0.15) is 0 Å². The third-order valence-corrected chi connectivity index (χ3v) is 2.55. The summed E-state index contributed by atoms with van der Waals surface area (Å²) in [5.74, 6) is 0.203. The van der Waals surface area contributed by atoms with E-state index in [0.717, 1.165) is 0 Å². The fourth-order valence-electron chi connectivity index (χ4n) is 1.57. The summed E-state index contributed by atoms with van der Waals surface area (Å²) in [5, 5.41) is 0. The van der Waals surface area contributed by atoms with E-state index in [9.17, 15) is 9.59 Å². The van der Waals surface area contributed by atoms with Gasteiger partial charge in [-0.25, -0.2) is 0 Å². The summed E-state index contributed by atoms with van der Waals surface area (Å²) < 4.78 is 5.13. The second-order valence-corrected chi connectivity index (χ2v) is 4.59. The van der Waals surface area contributed by atoms with E-state index in [1.165, 1.54) is 4.90 Å². The molecule has 0 aromatic carbocycles. The number of halogens is 1. The van der Waals surface area contributed by atoms with E-state index in [1.54, 1.807) is 13.8 Å². The number of carbonyl (C=O) groups excluding carboxylic acids is 2. The van der Waals surface area contributed by atoms with Gasteiger partial charge in [0, 0.05) is 12.3 Å². The zero-order chi connectivity index (χ0) is 11.5. The number of alkyl halides is 1. The van der Waals surface area contributed by atoms with Crippen molar-refractivity contribution >= 4 is 23.4 Å². The van der Waals surface area contributed by atoms with Crippen LogP contribution in [0.1, 0.15) is 20.3 Å². The molecule has 1 aliphatic rings. The zero-order valence-corrected chi connectivity index (χ0v) is 9.84. The number of ether oxygens (including phenoxy) is 1. The van der Waals surface area contributed by atoms with Crippen LogP contribution in [0.4, 0.5) is 0 Å². The van der Waals surface area contributed by atoms with E-state index < -0.39 is 5.41 Å². The highest BCUT2D eigenvalue weighted by atomic mass is 35.5. The fourth-order valence-corrected chi connectivity index (χ4v) is 1.68. The molecule has 2 amide bonds. The Kier molecular flexibility index (Phi) is 4.11. The van der Waals surface area contributed by atoms with Crippen molar-refractivity contribution in [2.24, 2.45) is 5.41 Å². The predicted octanol–water partition coefficient (Wildman–Crippen LogP) is 1.03. The predicted molar refractivity (Wildman–Crippen MR) is 56.7 cm³/mol. The van der Waals surface area contributed by atoms with Gasteiger partial charge in [0.05, 0.1) is 25.2 Å². The lowest BCUT2D eigenvalue weighted by molar-refractivity contribution is -0.141. The number of rotatable bonds is 5. The number of likely N-dealkylation sites (tertiary alicyclic amines) is 1. The summed E-state index contributed by atoms with van der Waals surface area (Å²) in [4.78, 5) is 24.5. The molecule has 0 aromatic rings. The molecule has 1 saturated heterocycles. The number of hydrogen-bond acceptors (Lipinski definition) is 3. The van der Waals surface area contributed by atoms with Gasteiger partial charge in [0.2, 0.25) is 11.8 Å². The average molecular weight is 234 g/mol. The van der Waals surface area contributed by atoms with Crippen LogP contribution >= 0.6 is 11.6 Å². The summed E-state index contributed by atoms with van der Waals surface area (Å²) in [6.07, 6.45) is 0.293. The molecule has 4 nitrogen and oxygen atoms in total. The van der Waals surface area contributed by atoms with Gasteiger partial charge in [-0.1, -0.05) is 13.8 Å². The minimum Gasteiger partial charge on any atom is -0.378 e. The Morgan fingerprint density at radius 3 is 2.53 bits per heavy atom. The van der Waals surface area contributed by atoms with E-state index in [2.05, 4.69) is 0 Å². The summed E-state index contributed by atoms with van der Waals surface area (Å²) in [5.41, 5.74) is -0.552. The number of carbonyl (C=O) groups is 2. The van der Waals surface area contributed by atoms with Gasteiger partial charge in [0.15, 0.2) is 0 Å². The largest absolute Gasteiger partial charge is 0.378 e.